The van der Waals surface area contributed by atoms with Crippen LogP contribution in [0.1, 0.15) is 41.5 Å². The SMILES string of the molecule is Cc1ccc(CNC(=O)COC(=O)c2nn(C(C)C)c(=O)c3ccccc23)cc1F. The molecule has 0 unspecified atom stereocenters. The molecule has 3 rings (SSSR count). The lowest BCUT2D eigenvalue weighted by molar-refractivity contribution is -0.124. The van der Waals surface area contributed by atoms with E-state index in [0.717, 1.165) is 0 Å². The maximum absolute atomic E-state index is 13.6. The minimum Gasteiger partial charge on any atom is -0.451 e. The summed E-state index contributed by atoms with van der Waals surface area (Å²) in [7, 11) is 0. The highest BCUT2D eigenvalue weighted by Crippen LogP contribution is 2.15. The summed E-state index contributed by atoms with van der Waals surface area (Å²) in [6.07, 6.45) is 0. The van der Waals surface area contributed by atoms with Gasteiger partial charge in [-0.25, -0.2) is 13.9 Å². The minimum absolute atomic E-state index is 0.0349. The average molecular weight is 411 g/mol. The van der Waals surface area contributed by atoms with Crippen LogP contribution in [0.3, 0.4) is 0 Å². The Bertz CT molecular complexity index is 1170. The molecule has 30 heavy (non-hydrogen) atoms. The van der Waals surface area contributed by atoms with E-state index < -0.39 is 18.5 Å². The zero-order valence-electron chi connectivity index (χ0n) is 16.9. The number of esters is 1. The second-order valence-electron chi connectivity index (χ2n) is 7.17. The zero-order chi connectivity index (χ0) is 21.8. The van der Waals surface area contributed by atoms with Crippen molar-refractivity contribution in [3.8, 4) is 0 Å². The quantitative estimate of drug-likeness (QED) is 0.630. The lowest BCUT2D eigenvalue weighted by Gasteiger charge is -2.13. The molecule has 156 valence electrons. The number of fused-ring (bicyclic) bond motifs is 1. The van der Waals surface area contributed by atoms with Gasteiger partial charge in [-0.15, -0.1) is 0 Å². The van der Waals surface area contributed by atoms with E-state index in [1.54, 1.807) is 57.2 Å². The first-order chi connectivity index (χ1) is 14.3. The number of nitrogens with one attached hydrogen (secondary N) is 1. The van der Waals surface area contributed by atoms with E-state index in [9.17, 15) is 18.8 Å². The van der Waals surface area contributed by atoms with E-state index in [1.165, 1.54) is 10.7 Å². The van der Waals surface area contributed by atoms with Crippen molar-refractivity contribution >= 4 is 22.6 Å². The van der Waals surface area contributed by atoms with Crippen LogP contribution in [0.4, 0.5) is 4.39 Å². The van der Waals surface area contributed by atoms with Crippen molar-refractivity contribution in [1.82, 2.24) is 15.1 Å². The largest absolute Gasteiger partial charge is 0.451 e. The maximum Gasteiger partial charge on any atom is 0.359 e. The Morgan fingerprint density at radius 3 is 2.53 bits per heavy atom. The van der Waals surface area contributed by atoms with Gasteiger partial charge in [0.1, 0.15) is 5.82 Å². The lowest BCUT2D eigenvalue weighted by atomic mass is 10.1. The van der Waals surface area contributed by atoms with Crippen LogP contribution < -0.4 is 10.9 Å². The van der Waals surface area contributed by atoms with E-state index >= 15 is 0 Å². The Kier molecular flexibility index (Phi) is 6.25. The van der Waals surface area contributed by atoms with Crippen molar-refractivity contribution in [2.75, 3.05) is 6.61 Å². The van der Waals surface area contributed by atoms with Crippen molar-refractivity contribution in [3.05, 3.63) is 75.5 Å². The minimum atomic E-state index is -0.808. The molecule has 0 aliphatic rings. The Hall–Kier alpha value is -3.55. The summed E-state index contributed by atoms with van der Waals surface area (Å²) >= 11 is 0. The highest BCUT2D eigenvalue weighted by atomic mass is 19.1. The summed E-state index contributed by atoms with van der Waals surface area (Å²) in [5.41, 5.74) is 0.767. The highest BCUT2D eigenvalue weighted by Gasteiger charge is 2.19. The number of rotatable bonds is 6. The standard InChI is InChI=1S/C22H22FN3O4/c1-13(2)26-21(28)17-7-5-4-6-16(17)20(25-26)22(29)30-12-19(27)24-11-15-9-8-14(3)18(23)10-15/h4-10,13H,11-12H2,1-3H3,(H,24,27). The molecule has 1 aromatic heterocycles. The predicted molar refractivity (Wildman–Crippen MR) is 110 cm³/mol. The number of hydrogen-bond donors (Lipinski definition) is 1. The average Bonchev–Trinajstić information content (AvgIpc) is 2.73. The van der Waals surface area contributed by atoms with Crippen molar-refractivity contribution < 1.29 is 18.7 Å². The molecule has 0 spiro atoms. The summed E-state index contributed by atoms with van der Waals surface area (Å²) in [5, 5.41) is 7.42. The molecule has 1 heterocycles. The van der Waals surface area contributed by atoms with Gasteiger partial charge in [-0.05, 0) is 44.0 Å². The van der Waals surface area contributed by atoms with Gasteiger partial charge in [-0.3, -0.25) is 9.59 Å². The van der Waals surface area contributed by atoms with E-state index in [4.69, 9.17) is 4.74 Å². The van der Waals surface area contributed by atoms with Gasteiger partial charge in [-0.2, -0.15) is 5.10 Å². The van der Waals surface area contributed by atoms with Gasteiger partial charge in [0.15, 0.2) is 12.3 Å². The van der Waals surface area contributed by atoms with Gasteiger partial charge >= 0.3 is 5.97 Å². The summed E-state index contributed by atoms with van der Waals surface area (Å²) in [6, 6.07) is 11.0. The van der Waals surface area contributed by atoms with E-state index in [0.29, 0.717) is 21.9 Å². The van der Waals surface area contributed by atoms with Gasteiger partial charge < -0.3 is 10.1 Å². The molecule has 0 fully saturated rings. The Morgan fingerprint density at radius 2 is 1.87 bits per heavy atom. The molecular formula is C22H22FN3O4. The normalized spacial score (nSPS) is 11.0. The molecule has 0 saturated heterocycles. The fourth-order valence-electron chi connectivity index (χ4n) is 2.90. The number of carbonyl (C=O) groups excluding carboxylic acids is 2. The number of amides is 1. The third-order valence-electron chi connectivity index (χ3n) is 4.57. The van der Waals surface area contributed by atoms with Gasteiger partial charge in [0.2, 0.25) is 0 Å². The highest BCUT2D eigenvalue weighted by molar-refractivity contribution is 6.02. The first-order valence-corrected chi connectivity index (χ1v) is 9.48. The van der Waals surface area contributed by atoms with Gasteiger partial charge in [0.25, 0.3) is 11.5 Å². The molecule has 0 radical (unpaired) electrons. The molecule has 8 heteroatoms. The fourth-order valence-corrected chi connectivity index (χ4v) is 2.90. The number of benzene rings is 2. The summed E-state index contributed by atoms with van der Waals surface area (Å²) in [4.78, 5) is 37.1. The van der Waals surface area contributed by atoms with Gasteiger partial charge in [0.05, 0.1) is 11.4 Å². The third-order valence-corrected chi connectivity index (χ3v) is 4.57. The monoisotopic (exact) mass is 411 g/mol. The fraction of sp³-hybridized carbons (Fsp3) is 0.273. The molecular weight excluding hydrogens is 389 g/mol. The van der Waals surface area contributed by atoms with Gasteiger partial charge in [0, 0.05) is 11.9 Å². The Labute approximate surface area is 172 Å². The third kappa shape index (κ3) is 4.53. The van der Waals surface area contributed by atoms with Crippen molar-refractivity contribution in [3.63, 3.8) is 0 Å². The van der Waals surface area contributed by atoms with Crippen LogP contribution in [0.2, 0.25) is 0 Å². The molecule has 0 aliphatic heterocycles. The van der Waals surface area contributed by atoms with Crippen LogP contribution in [0.15, 0.2) is 47.3 Å². The predicted octanol–water partition coefficient (Wildman–Crippen LogP) is 2.90. The van der Waals surface area contributed by atoms with Crippen LogP contribution in [0, 0.1) is 12.7 Å². The summed E-state index contributed by atoms with van der Waals surface area (Å²) in [6.45, 7) is 4.79. The van der Waals surface area contributed by atoms with Crippen LogP contribution in [-0.2, 0) is 16.1 Å². The lowest BCUT2D eigenvalue weighted by Crippen LogP contribution is -2.30. The van der Waals surface area contributed by atoms with Crippen LogP contribution in [0.25, 0.3) is 10.8 Å². The van der Waals surface area contributed by atoms with E-state index in [-0.39, 0.29) is 29.7 Å². The number of carbonyl (C=O) groups is 2. The van der Waals surface area contributed by atoms with Crippen molar-refractivity contribution in [2.45, 2.75) is 33.4 Å². The topological polar surface area (TPSA) is 90.3 Å². The summed E-state index contributed by atoms with van der Waals surface area (Å²) < 4.78 is 19.9. The molecule has 2 aromatic carbocycles. The van der Waals surface area contributed by atoms with Crippen LogP contribution >= 0.6 is 0 Å². The number of nitrogens with zero attached hydrogens (tertiary/aromatic N) is 2. The number of aromatic nitrogens is 2. The zero-order valence-corrected chi connectivity index (χ0v) is 16.9. The van der Waals surface area contributed by atoms with Crippen LogP contribution in [-0.4, -0.2) is 28.3 Å². The Balaban J connectivity index is 1.70. The smallest absolute Gasteiger partial charge is 0.359 e. The molecule has 0 atom stereocenters. The molecule has 0 bridgehead atoms. The molecule has 0 saturated carbocycles. The second kappa shape index (κ2) is 8.86. The van der Waals surface area contributed by atoms with Crippen LogP contribution in [0.5, 0.6) is 0 Å². The maximum atomic E-state index is 13.6. The first-order valence-electron chi connectivity index (χ1n) is 9.48. The summed E-state index contributed by atoms with van der Waals surface area (Å²) in [5.74, 6) is -1.70. The van der Waals surface area contributed by atoms with E-state index in [2.05, 4.69) is 10.4 Å². The first kappa shape index (κ1) is 21.2. The number of aryl methyl sites for hydroxylation is 1. The van der Waals surface area contributed by atoms with Gasteiger partial charge in [-0.1, -0.05) is 30.3 Å². The molecule has 7 nitrogen and oxygen atoms in total. The Morgan fingerprint density at radius 1 is 1.17 bits per heavy atom. The van der Waals surface area contributed by atoms with E-state index in [1.807, 2.05) is 0 Å². The number of hydrogen-bond acceptors (Lipinski definition) is 5. The molecule has 1 amide bonds. The number of halogens is 1. The molecule has 3 aromatic rings. The van der Waals surface area contributed by atoms with Crippen molar-refractivity contribution in [1.29, 1.82) is 0 Å². The number of ether oxygens (including phenoxy) is 1. The second-order valence-corrected chi connectivity index (χ2v) is 7.17. The van der Waals surface area contributed by atoms with Crippen molar-refractivity contribution in [2.24, 2.45) is 0 Å². The molecule has 0 aliphatic carbocycles. The molecule has 1 N–H and O–H groups in total.